The summed E-state index contributed by atoms with van der Waals surface area (Å²) in [6.07, 6.45) is 7.35. The first kappa shape index (κ1) is 42.5. The van der Waals surface area contributed by atoms with Crippen molar-refractivity contribution in [3.05, 3.63) is 207 Å². The fraction of sp³-hybridized carbons (Fsp3) is 0.0385. The summed E-state index contributed by atoms with van der Waals surface area (Å²) in [4.78, 5) is 18.3. The number of benzene rings is 4. The molecule has 10 aromatic rings. The van der Waals surface area contributed by atoms with Crippen molar-refractivity contribution in [2.75, 3.05) is 0 Å². The summed E-state index contributed by atoms with van der Waals surface area (Å²) in [5.74, 6) is 0. The quantitative estimate of drug-likeness (QED) is 0.123. The molecule has 0 atom stereocenters. The Bertz CT molecular complexity index is 2640. The molecule has 4 aromatic heterocycles. The van der Waals surface area contributed by atoms with E-state index in [2.05, 4.69) is 142 Å². The number of hydrogen-bond acceptors (Lipinski definition) is 4. The predicted molar refractivity (Wildman–Crippen MR) is 252 cm³/mol. The third kappa shape index (κ3) is 10.6. The number of nitrogens with zero attached hydrogens (tertiary/aromatic N) is 4. The van der Waals surface area contributed by atoms with Crippen LogP contribution in [0.15, 0.2) is 207 Å². The molecule has 0 N–H and O–H groups in total. The third-order valence-electron chi connectivity index (χ3n) is 9.66. The van der Waals surface area contributed by atoms with Crippen LogP contribution < -0.4 is 0 Å². The molecule has 0 fully saturated rings. The molecule has 0 aliphatic rings. The second kappa shape index (κ2) is 21.6. The largest absolute Gasteiger partial charge is 0.257 e. The summed E-state index contributed by atoms with van der Waals surface area (Å²) in [6, 6.07) is 62.9. The standard InChI is InChI=1S/2C25H17N2.C2H6Si.2ClH.Zr/c2*1-2-8-18(9-3-1)19-14-20-15-21(24-10-4-6-12-26-24)17-23(22(20)16-19)25-11-5-7-13-27-25;1-3-2;;;/h2*1-17H;1-2H3;2*1H;/q2*-1;;;;+4/p-2. The molecule has 0 aliphatic heterocycles. The van der Waals surface area contributed by atoms with Crippen molar-refractivity contribution < 1.29 is 20.8 Å². The van der Waals surface area contributed by atoms with Gasteiger partial charge >= 0.3 is 37.9 Å². The molecule has 4 heterocycles. The van der Waals surface area contributed by atoms with Crippen molar-refractivity contribution in [1.82, 2.24) is 19.9 Å². The number of fused-ring (bicyclic) bond motifs is 2. The van der Waals surface area contributed by atoms with Crippen LogP contribution in [0.25, 0.3) is 88.8 Å². The first-order valence-corrected chi connectivity index (χ1v) is 27.7. The zero-order valence-corrected chi connectivity index (χ0v) is 38.1. The summed E-state index contributed by atoms with van der Waals surface area (Å²) in [6.45, 7) is 4.31. The summed E-state index contributed by atoms with van der Waals surface area (Å²) < 4.78 is 0. The van der Waals surface area contributed by atoms with Gasteiger partial charge in [0.2, 0.25) is 0 Å². The molecule has 290 valence electrons. The van der Waals surface area contributed by atoms with Gasteiger partial charge in [-0.05, 0) is 70.8 Å². The maximum atomic E-state index is 4.93. The van der Waals surface area contributed by atoms with Crippen molar-refractivity contribution in [3.8, 4) is 67.3 Å². The van der Waals surface area contributed by atoms with Gasteiger partial charge < -0.3 is 0 Å². The Labute approximate surface area is 373 Å². The Hall–Kier alpha value is -5.62. The number of hydrogen-bond donors (Lipinski definition) is 0. The molecule has 0 saturated carbocycles. The smallest absolute Gasteiger partial charge is 0.0627 e. The maximum absolute atomic E-state index is 4.93. The summed E-state index contributed by atoms with van der Waals surface area (Å²) in [5.41, 5.74) is 13.3. The SMILES string of the molecule is C[Si]C.[Cl][Zr+2][Cl].c1ccc(-c2cc3c(-c4ccccn4)cc(-c4ccccn4)cc3[cH-]2)cc1.c1ccc(-c2cc3c(-c4ccccn4)cc(-c4ccccn4)cc3[cH-]2)cc1. The van der Waals surface area contributed by atoms with E-state index in [9.17, 15) is 0 Å². The second-order valence-electron chi connectivity index (χ2n) is 13.7. The third-order valence-corrected chi connectivity index (χ3v) is 9.66. The van der Waals surface area contributed by atoms with Crippen molar-refractivity contribution in [1.29, 1.82) is 0 Å². The van der Waals surface area contributed by atoms with E-state index in [4.69, 9.17) is 17.0 Å². The molecule has 60 heavy (non-hydrogen) atoms. The first-order chi connectivity index (χ1) is 29.6. The van der Waals surface area contributed by atoms with Crippen molar-refractivity contribution in [2.24, 2.45) is 0 Å². The maximum Gasteiger partial charge on any atom is 0.0627 e. The van der Waals surface area contributed by atoms with Crippen LogP contribution in [0, 0.1) is 0 Å². The molecule has 6 aromatic carbocycles. The van der Waals surface area contributed by atoms with E-state index in [1.54, 1.807) is 0 Å². The van der Waals surface area contributed by atoms with Gasteiger partial charge in [-0.25, -0.2) is 0 Å². The van der Waals surface area contributed by atoms with Crippen molar-refractivity contribution in [2.45, 2.75) is 13.1 Å². The monoisotopic (exact) mass is 908 g/mol. The fourth-order valence-corrected chi connectivity index (χ4v) is 7.07. The van der Waals surface area contributed by atoms with Gasteiger partial charge in [0.25, 0.3) is 0 Å². The second-order valence-corrected chi connectivity index (χ2v) is 18.4. The van der Waals surface area contributed by atoms with Crippen LogP contribution in [0.5, 0.6) is 0 Å². The van der Waals surface area contributed by atoms with Gasteiger partial charge in [0, 0.05) is 34.3 Å². The summed E-state index contributed by atoms with van der Waals surface area (Å²) in [7, 11) is 11.0. The van der Waals surface area contributed by atoms with Gasteiger partial charge in [-0.1, -0.05) is 121 Å². The van der Waals surface area contributed by atoms with Crippen LogP contribution in [0.2, 0.25) is 13.1 Å². The predicted octanol–water partition coefficient (Wildman–Crippen LogP) is 14.9. The minimum absolute atomic E-state index is 0.826. The van der Waals surface area contributed by atoms with E-state index >= 15 is 0 Å². The zero-order valence-electron chi connectivity index (χ0n) is 33.2. The van der Waals surface area contributed by atoms with Gasteiger partial charge in [0.05, 0.1) is 22.8 Å². The van der Waals surface area contributed by atoms with Gasteiger partial charge in [0.15, 0.2) is 0 Å². The van der Waals surface area contributed by atoms with Crippen molar-refractivity contribution >= 4 is 48.1 Å². The Morgan fingerprint density at radius 1 is 0.400 bits per heavy atom. The van der Waals surface area contributed by atoms with Gasteiger partial charge in [-0.2, -0.15) is 0 Å². The Kier molecular flexibility index (Phi) is 15.3. The molecule has 0 bridgehead atoms. The molecular weight excluding hydrogens is 871 g/mol. The Morgan fingerprint density at radius 3 is 1.03 bits per heavy atom. The Balaban J connectivity index is 0.000000161. The zero-order chi connectivity index (χ0) is 41.5. The molecule has 0 aliphatic carbocycles. The van der Waals surface area contributed by atoms with E-state index < -0.39 is 20.8 Å². The van der Waals surface area contributed by atoms with Crippen LogP contribution in [0.3, 0.4) is 0 Å². The van der Waals surface area contributed by atoms with E-state index in [0.717, 1.165) is 54.5 Å². The minimum atomic E-state index is -0.826. The van der Waals surface area contributed by atoms with Crippen LogP contribution in [-0.4, -0.2) is 29.5 Å². The summed E-state index contributed by atoms with van der Waals surface area (Å²) >= 11 is -0.826. The average molecular weight is 911 g/mol. The van der Waals surface area contributed by atoms with Crippen molar-refractivity contribution in [3.63, 3.8) is 0 Å². The van der Waals surface area contributed by atoms with Crippen LogP contribution in [-0.2, 0) is 20.8 Å². The molecule has 10 rings (SSSR count). The molecule has 8 heteroatoms. The van der Waals surface area contributed by atoms with E-state index in [-0.39, 0.29) is 0 Å². The van der Waals surface area contributed by atoms with Gasteiger partial charge in [-0.3, -0.25) is 19.9 Å². The minimum Gasteiger partial charge on any atom is -0.257 e. The molecule has 0 spiro atoms. The molecule has 0 amide bonds. The Morgan fingerprint density at radius 2 is 0.717 bits per heavy atom. The fourth-order valence-electron chi connectivity index (χ4n) is 7.07. The van der Waals surface area contributed by atoms with E-state index in [1.807, 2.05) is 97.6 Å². The molecule has 0 saturated heterocycles. The number of rotatable bonds is 6. The normalized spacial score (nSPS) is 10.3. The van der Waals surface area contributed by atoms with Crippen LogP contribution in [0.1, 0.15) is 0 Å². The first-order valence-electron chi connectivity index (χ1n) is 19.4. The molecule has 0 unspecified atom stereocenters. The number of pyridine rings is 4. The van der Waals surface area contributed by atoms with Crippen LogP contribution in [0.4, 0.5) is 0 Å². The number of aromatic nitrogens is 4. The topological polar surface area (TPSA) is 51.6 Å². The molecule has 4 nitrogen and oxygen atoms in total. The number of halogens is 2. The summed E-state index contributed by atoms with van der Waals surface area (Å²) in [5, 5.41) is 4.84. The van der Waals surface area contributed by atoms with Gasteiger partial charge in [0.1, 0.15) is 0 Å². The molecular formula is C52H40Cl2N4SiZr. The van der Waals surface area contributed by atoms with E-state index in [0.29, 0.717) is 0 Å². The molecule has 2 radical (unpaired) electrons. The average Bonchev–Trinajstić information content (AvgIpc) is 3.96. The van der Waals surface area contributed by atoms with E-state index in [1.165, 1.54) is 43.8 Å². The van der Waals surface area contributed by atoms with Crippen LogP contribution >= 0.6 is 17.0 Å². The van der Waals surface area contributed by atoms with Gasteiger partial charge in [-0.15, -0.1) is 69.1 Å².